The van der Waals surface area contributed by atoms with Crippen LogP contribution in [-0.4, -0.2) is 55.1 Å². The number of aliphatic imine (C=N–C) groups is 1. The van der Waals surface area contributed by atoms with E-state index in [1.807, 2.05) is 24.3 Å². The number of hydrogen-bond acceptors (Lipinski definition) is 7. The van der Waals surface area contributed by atoms with Crippen LogP contribution in [0.4, 0.5) is 25.2 Å². The lowest BCUT2D eigenvalue weighted by Gasteiger charge is -2.35. The third kappa shape index (κ3) is 3.80. The molecule has 2 N–H and O–H groups in total. The summed E-state index contributed by atoms with van der Waals surface area (Å²) in [5, 5.41) is 7.14. The van der Waals surface area contributed by atoms with E-state index < -0.39 is 6.43 Å². The van der Waals surface area contributed by atoms with E-state index in [1.54, 1.807) is 7.11 Å². The summed E-state index contributed by atoms with van der Waals surface area (Å²) in [6, 6.07) is 7.87. The first-order valence-electron chi connectivity index (χ1n) is 8.87. The first-order chi connectivity index (χ1) is 13.2. The molecule has 27 heavy (non-hydrogen) atoms. The molecule has 3 heterocycles. The largest absolute Gasteiger partial charge is 0.385 e. The van der Waals surface area contributed by atoms with Crippen molar-refractivity contribution < 1.29 is 13.5 Å². The topological polar surface area (TPSA) is 61.8 Å². The van der Waals surface area contributed by atoms with Crippen molar-refractivity contribution in [2.45, 2.75) is 18.9 Å². The molecule has 1 atom stereocenters. The molecule has 0 bridgehead atoms. The first-order valence-corrected chi connectivity index (χ1v) is 9.68. The van der Waals surface area contributed by atoms with Crippen LogP contribution in [0.5, 0.6) is 0 Å². The van der Waals surface area contributed by atoms with Gasteiger partial charge in [0.05, 0.1) is 11.4 Å². The normalized spacial score (nSPS) is 19.2. The summed E-state index contributed by atoms with van der Waals surface area (Å²) >= 11 is 0.987. The van der Waals surface area contributed by atoms with Gasteiger partial charge in [0, 0.05) is 39.4 Å². The monoisotopic (exact) mass is 393 g/mol. The van der Waals surface area contributed by atoms with Crippen molar-refractivity contribution in [1.82, 2.24) is 15.2 Å². The molecule has 0 aliphatic carbocycles. The number of anilines is 2. The third-order valence-corrected chi connectivity index (χ3v) is 5.62. The standard InChI is InChI=1S/C18H21F2N5OS/c1-26-9-6-11-10-25(8-7-21-11)16-14-17(27-18(24-14)15(19)20)23-13-5-3-2-4-12(13)22-16/h2-5,11,15,21,23H,6-10H2,1H3/t11-/m0/s1. The Kier molecular flexibility index (Phi) is 5.33. The summed E-state index contributed by atoms with van der Waals surface area (Å²) in [7, 11) is 1.69. The predicted molar refractivity (Wildman–Crippen MR) is 103 cm³/mol. The van der Waals surface area contributed by atoms with Gasteiger partial charge in [-0.15, -0.1) is 0 Å². The second kappa shape index (κ2) is 7.87. The highest BCUT2D eigenvalue weighted by Crippen LogP contribution is 2.39. The van der Waals surface area contributed by atoms with Crippen molar-refractivity contribution >= 4 is 33.5 Å². The van der Waals surface area contributed by atoms with Crippen molar-refractivity contribution in [3.8, 4) is 0 Å². The Morgan fingerprint density at radius 3 is 3.04 bits per heavy atom. The van der Waals surface area contributed by atoms with E-state index in [0.717, 1.165) is 48.8 Å². The van der Waals surface area contributed by atoms with Crippen LogP contribution in [0, 0.1) is 0 Å². The summed E-state index contributed by atoms with van der Waals surface area (Å²) in [6.07, 6.45) is -1.72. The van der Waals surface area contributed by atoms with Crippen LogP contribution in [0.25, 0.3) is 0 Å². The number of ether oxygens (including phenoxy) is 1. The highest BCUT2D eigenvalue weighted by atomic mass is 32.1. The molecule has 2 aliphatic rings. The molecule has 1 saturated heterocycles. The van der Waals surface area contributed by atoms with Gasteiger partial charge in [0.15, 0.2) is 10.8 Å². The van der Waals surface area contributed by atoms with Gasteiger partial charge in [0.2, 0.25) is 0 Å². The second-order valence-electron chi connectivity index (χ2n) is 6.49. The Balaban J connectivity index is 1.72. The minimum Gasteiger partial charge on any atom is -0.385 e. The lowest BCUT2D eigenvalue weighted by Crippen LogP contribution is -2.53. The molecule has 0 amide bonds. The number of thiazole rings is 1. The Labute approximate surface area is 160 Å². The highest BCUT2D eigenvalue weighted by molar-refractivity contribution is 7.16. The van der Waals surface area contributed by atoms with Crippen molar-refractivity contribution in [1.29, 1.82) is 0 Å². The number of methoxy groups -OCH3 is 1. The Hall–Kier alpha value is -2.10. The molecule has 0 radical (unpaired) electrons. The maximum absolute atomic E-state index is 13.3. The smallest absolute Gasteiger partial charge is 0.289 e. The molecule has 1 aromatic carbocycles. The maximum Gasteiger partial charge on any atom is 0.289 e. The molecule has 0 unspecified atom stereocenters. The summed E-state index contributed by atoms with van der Waals surface area (Å²) in [5.41, 5.74) is 2.08. The number of fused-ring (bicyclic) bond motifs is 2. The number of hydrogen-bond donors (Lipinski definition) is 2. The molecule has 1 aromatic heterocycles. The van der Waals surface area contributed by atoms with E-state index in [0.29, 0.717) is 23.1 Å². The van der Waals surface area contributed by atoms with Crippen molar-refractivity contribution in [2.24, 2.45) is 4.99 Å². The average molecular weight is 393 g/mol. The number of nitrogens with zero attached hydrogens (tertiary/aromatic N) is 3. The molecule has 0 spiro atoms. The van der Waals surface area contributed by atoms with Crippen LogP contribution in [0.15, 0.2) is 29.3 Å². The van der Waals surface area contributed by atoms with Gasteiger partial charge in [-0.3, -0.25) is 0 Å². The molecule has 2 aliphatic heterocycles. The van der Waals surface area contributed by atoms with Gasteiger partial charge in [0.25, 0.3) is 6.43 Å². The highest BCUT2D eigenvalue weighted by Gasteiger charge is 2.30. The van der Waals surface area contributed by atoms with Crippen molar-refractivity contribution in [3.63, 3.8) is 0 Å². The fourth-order valence-corrected chi connectivity index (χ4v) is 4.15. The number of para-hydroxylation sites is 2. The quantitative estimate of drug-likeness (QED) is 0.832. The van der Waals surface area contributed by atoms with Crippen LogP contribution >= 0.6 is 11.3 Å². The fraction of sp³-hybridized carbons (Fsp3) is 0.444. The fourth-order valence-electron chi connectivity index (χ4n) is 3.32. The molecule has 0 saturated carbocycles. The molecular formula is C18H21F2N5OS. The van der Waals surface area contributed by atoms with Crippen LogP contribution in [0.2, 0.25) is 0 Å². The molecule has 4 rings (SSSR count). The molecule has 9 heteroatoms. The molecular weight excluding hydrogens is 372 g/mol. The maximum atomic E-state index is 13.3. The van der Waals surface area contributed by atoms with Gasteiger partial charge < -0.3 is 20.3 Å². The zero-order valence-electron chi connectivity index (χ0n) is 14.9. The second-order valence-corrected chi connectivity index (χ2v) is 7.52. The summed E-state index contributed by atoms with van der Waals surface area (Å²) in [6.45, 7) is 2.93. The van der Waals surface area contributed by atoms with Crippen LogP contribution in [0.1, 0.15) is 23.5 Å². The lowest BCUT2D eigenvalue weighted by molar-refractivity contribution is 0.151. The van der Waals surface area contributed by atoms with Gasteiger partial charge in [-0.2, -0.15) is 0 Å². The van der Waals surface area contributed by atoms with Crippen molar-refractivity contribution in [3.05, 3.63) is 35.0 Å². The number of aromatic nitrogens is 1. The van der Waals surface area contributed by atoms with Crippen LogP contribution in [-0.2, 0) is 4.74 Å². The Morgan fingerprint density at radius 2 is 2.22 bits per heavy atom. The minimum atomic E-state index is -2.60. The number of nitrogens with one attached hydrogen (secondary N) is 2. The summed E-state index contributed by atoms with van der Waals surface area (Å²) in [5.74, 6) is 0.648. The predicted octanol–water partition coefficient (Wildman–Crippen LogP) is 3.53. The summed E-state index contributed by atoms with van der Waals surface area (Å²) in [4.78, 5) is 11.2. The van der Waals surface area contributed by atoms with Gasteiger partial charge in [-0.25, -0.2) is 18.8 Å². The van der Waals surface area contributed by atoms with Gasteiger partial charge in [0.1, 0.15) is 10.7 Å². The lowest BCUT2D eigenvalue weighted by atomic mass is 10.1. The van der Waals surface area contributed by atoms with E-state index in [2.05, 4.69) is 20.5 Å². The van der Waals surface area contributed by atoms with Gasteiger partial charge in [-0.05, 0) is 18.6 Å². The van der Waals surface area contributed by atoms with E-state index in [-0.39, 0.29) is 11.0 Å². The number of benzene rings is 1. The zero-order chi connectivity index (χ0) is 18.8. The number of halogens is 2. The summed E-state index contributed by atoms with van der Waals surface area (Å²) < 4.78 is 31.7. The van der Waals surface area contributed by atoms with Gasteiger partial charge >= 0.3 is 0 Å². The van der Waals surface area contributed by atoms with Gasteiger partial charge in [-0.1, -0.05) is 23.5 Å². The van der Waals surface area contributed by atoms with E-state index in [9.17, 15) is 8.78 Å². The van der Waals surface area contributed by atoms with Crippen molar-refractivity contribution in [2.75, 3.05) is 38.7 Å². The number of rotatable bonds is 4. The van der Waals surface area contributed by atoms with E-state index in [4.69, 9.17) is 9.73 Å². The molecule has 2 aromatic rings. The number of piperazine rings is 1. The van der Waals surface area contributed by atoms with Crippen LogP contribution in [0.3, 0.4) is 0 Å². The zero-order valence-corrected chi connectivity index (χ0v) is 15.7. The molecule has 6 nitrogen and oxygen atoms in total. The average Bonchev–Trinajstić information content (AvgIpc) is 3.03. The SMILES string of the molecule is COCC[C@H]1CN(C2=Nc3ccccc3Nc3sc(C(F)F)nc32)CCN1. The van der Waals surface area contributed by atoms with E-state index >= 15 is 0 Å². The first kappa shape index (κ1) is 18.3. The molecule has 1 fully saturated rings. The van der Waals surface area contributed by atoms with Crippen LogP contribution < -0.4 is 10.6 Å². The third-order valence-electron chi connectivity index (χ3n) is 4.65. The van der Waals surface area contributed by atoms with E-state index in [1.165, 1.54) is 0 Å². The Bertz CT molecular complexity index is 841. The number of alkyl halides is 2. The Morgan fingerprint density at radius 1 is 1.37 bits per heavy atom. The number of amidine groups is 1. The molecule has 144 valence electrons. The minimum absolute atomic E-state index is 0.189.